The Morgan fingerprint density at radius 1 is 0.600 bits per heavy atom. The highest BCUT2D eigenvalue weighted by Gasteiger charge is 2.09. The van der Waals surface area contributed by atoms with E-state index >= 15 is 0 Å². The predicted molar refractivity (Wildman–Crippen MR) is 83.4 cm³/mol. The Kier molecular flexibility index (Phi) is 4.03. The van der Waals surface area contributed by atoms with Crippen LogP contribution < -0.4 is 0 Å². The van der Waals surface area contributed by atoms with Crippen LogP contribution >= 0.6 is 0 Å². The van der Waals surface area contributed by atoms with Crippen molar-refractivity contribution in [3.05, 3.63) is 47.5 Å². The average molecular weight is 270 g/mol. The van der Waals surface area contributed by atoms with Crippen molar-refractivity contribution in [3.8, 4) is 22.6 Å². The highest BCUT2D eigenvalue weighted by Crippen LogP contribution is 2.32. The molecule has 2 heteroatoms. The Labute approximate surface area is 120 Å². The van der Waals surface area contributed by atoms with Crippen molar-refractivity contribution < 1.29 is 10.2 Å². The van der Waals surface area contributed by atoms with Crippen LogP contribution in [-0.4, -0.2) is 10.2 Å². The van der Waals surface area contributed by atoms with E-state index < -0.39 is 0 Å². The van der Waals surface area contributed by atoms with Gasteiger partial charge in [-0.1, -0.05) is 39.8 Å². The van der Waals surface area contributed by atoms with Gasteiger partial charge in [-0.15, -0.1) is 0 Å². The smallest absolute Gasteiger partial charge is 0.116 e. The van der Waals surface area contributed by atoms with E-state index in [1.807, 2.05) is 0 Å². The molecule has 2 N–H and O–H groups in total. The summed E-state index contributed by atoms with van der Waals surface area (Å²) in [7, 11) is 0. The maximum atomic E-state index is 9.89. The first kappa shape index (κ1) is 14.4. The number of benzene rings is 2. The molecule has 0 spiro atoms. The van der Waals surface area contributed by atoms with Crippen LogP contribution in [0.15, 0.2) is 36.4 Å². The van der Waals surface area contributed by atoms with Crippen LogP contribution in [0.25, 0.3) is 11.1 Å². The molecule has 0 amide bonds. The molecule has 20 heavy (non-hydrogen) atoms. The minimum absolute atomic E-state index is 0.264. The Hall–Kier alpha value is -1.96. The molecule has 106 valence electrons. The summed E-state index contributed by atoms with van der Waals surface area (Å²) < 4.78 is 0. The van der Waals surface area contributed by atoms with E-state index in [9.17, 15) is 10.2 Å². The molecule has 0 bridgehead atoms. The fourth-order valence-electron chi connectivity index (χ4n) is 2.27. The summed E-state index contributed by atoms with van der Waals surface area (Å²) in [6.45, 7) is 8.39. The van der Waals surface area contributed by atoms with Crippen LogP contribution in [0.1, 0.15) is 50.7 Å². The van der Waals surface area contributed by atoms with Gasteiger partial charge in [-0.05, 0) is 58.4 Å². The van der Waals surface area contributed by atoms with Crippen LogP contribution in [-0.2, 0) is 0 Å². The highest BCUT2D eigenvalue weighted by atomic mass is 16.3. The second kappa shape index (κ2) is 5.58. The SMILES string of the molecule is CC(C)c1cc(O)cc(-c2cc(O)cc(C(C)C)c2)c1. The summed E-state index contributed by atoms with van der Waals surface area (Å²) >= 11 is 0. The number of phenolic OH excluding ortho intramolecular Hbond substituents is 2. The van der Waals surface area contributed by atoms with Gasteiger partial charge >= 0.3 is 0 Å². The van der Waals surface area contributed by atoms with E-state index in [1.54, 1.807) is 24.3 Å². The molecule has 0 aliphatic heterocycles. The third kappa shape index (κ3) is 3.13. The minimum atomic E-state index is 0.264. The van der Waals surface area contributed by atoms with Crippen molar-refractivity contribution in [1.82, 2.24) is 0 Å². The lowest BCUT2D eigenvalue weighted by Gasteiger charge is -2.13. The highest BCUT2D eigenvalue weighted by molar-refractivity contribution is 5.68. The topological polar surface area (TPSA) is 40.5 Å². The fourth-order valence-corrected chi connectivity index (χ4v) is 2.27. The second-order valence-electron chi connectivity index (χ2n) is 5.94. The van der Waals surface area contributed by atoms with Crippen molar-refractivity contribution in [3.63, 3.8) is 0 Å². The molecule has 0 unspecified atom stereocenters. The van der Waals surface area contributed by atoms with E-state index in [-0.39, 0.29) is 11.5 Å². The minimum Gasteiger partial charge on any atom is -0.508 e. The molecule has 0 radical (unpaired) electrons. The number of hydrogen-bond acceptors (Lipinski definition) is 2. The van der Waals surface area contributed by atoms with Gasteiger partial charge in [0.15, 0.2) is 0 Å². The van der Waals surface area contributed by atoms with Crippen LogP contribution in [0.3, 0.4) is 0 Å². The summed E-state index contributed by atoms with van der Waals surface area (Å²) in [5.74, 6) is 1.23. The van der Waals surface area contributed by atoms with Gasteiger partial charge in [0.1, 0.15) is 11.5 Å². The van der Waals surface area contributed by atoms with Gasteiger partial charge in [-0.2, -0.15) is 0 Å². The maximum Gasteiger partial charge on any atom is 0.116 e. The number of hydrogen-bond donors (Lipinski definition) is 2. The van der Waals surface area contributed by atoms with Crippen molar-refractivity contribution >= 4 is 0 Å². The van der Waals surface area contributed by atoms with Crippen molar-refractivity contribution in [2.45, 2.75) is 39.5 Å². The maximum absolute atomic E-state index is 9.89. The average Bonchev–Trinajstić information content (AvgIpc) is 2.37. The lowest BCUT2D eigenvalue weighted by atomic mass is 9.94. The summed E-state index contributed by atoms with van der Waals surface area (Å²) in [5, 5.41) is 19.8. The summed E-state index contributed by atoms with van der Waals surface area (Å²) in [6, 6.07) is 11.2. The van der Waals surface area contributed by atoms with Gasteiger partial charge in [-0.25, -0.2) is 0 Å². The lowest BCUT2D eigenvalue weighted by Crippen LogP contribution is -1.91. The molecular formula is C18H22O2. The summed E-state index contributed by atoms with van der Waals surface area (Å²) in [6.07, 6.45) is 0. The van der Waals surface area contributed by atoms with Crippen molar-refractivity contribution in [2.24, 2.45) is 0 Å². The Balaban J connectivity index is 2.56. The Morgan fingerprint density at radius 3 is 1.25 bits per heavy atom. The monoisotopic (exact) mass is 270 g/mol. The third-order valence-corrected chi connectivity index (χ3v) is 3.55. The number of rotatable bonds is 3. The predicted octanol–water partition coefficient (Wildman–Crippen LogP) is 5.01. The van der Waals surface area contributed by atoms with Gasteiger partial charge in [0.2, 0.25) is 0 Å². The van der Waals surface area contributed by atoms with Gasteiger partial charge < -0.3 is 10.2 Å². The van der Waals surface area contributed by atoms with Gasteiger partial charge in [0.25, 0.3) is 0 Å². The lowest BCUT2D eigenvalue weighted by molar-refractivity contribution is 0.473. The zero-order valence-electron chi connectivity index (χ0n) is 12.5. The molecule has 0 saturated heterocycles. The van der Waals surface area contributed by atoms with Crippen LogP contribution in [0.4, 0.5) is 0 Å². The fraction of sp³-hybridized carbons (Fsp3) is 0.333. The second-order valence-corrected chi connectivity index (χ2v) is 5.94. The molecule has 0 heterocycles. The van der Waals surface area contributed by atoms with E-state index in [2.05, 4.69) is 39.8 Å². The van der Waals surface area contributed by atoms with Crippen molar-refractivity contribution in [1.29, 1.82) is 0 Å². The van der Waals surface area contributed by atoms with E-state index in [0.717, 1.165) is 22.3 Å². The molecule has 2 aromatic carbocycles. The molecule has 0 saturated carbocycles. The summed E-state index contributed by atoms with van der Waals surface area (Å²) in [4.78, 5) is 0. The Bertz CT molecular complexity index is 557. The largest absolute Gasteiger partial charge is 0.508 e. The van der Waals surface area contributed by atoms with Crippen LogP contribution in [0.5, 0.6) is 11.5 Å². The zero-order chi connectivity index (χ0) is 14.9. The number of phenols is 2. The van der Waals surface area contributed by atoms with Crippen LogP contribution in [0.2, 0.25) is 0 Å². The number of aromatic hydroxyl groups is 2. The van der Waals surface area contributed by atoms with E-state index in [4.69, 9.17) is 0 Å². The van der Waals surface area contributed by atoms with E-state index in [0.29, 0.717) is 11.8 Å². The van der Waals surface area contributed by atoms with Gasteiger partial charge in [-0.3, -0.25) is 0 Å². The zero-order valence-corrected chi connectivity index (χ0v) is 12.5. The third-order valence-electron chi connectivity index (χ3n) is 3.55. The van der Waals surface area contributed by atoms with E-state index in [1.165, 1.54) is 0 Å². The van der Waals surface area contributed by atoms with Crippen molar-refractivity contribution in [2.75, 3.05) is 0 Å². The van der Waals surface area contributed by atoms with Gasteiger partial charge in [0.05, 0.1) is 0 Å². The molecule has 0 aliphatic rings. The quantitative estimate of drug-likeness (QED) is 0.822. The molecular weight excluding hydrogens is 248 g/mol. The van der Waals surface area contributed by atoms with Gasteiger partial charge in [0, 0.05) is 0 Å². The molecule has 2 aromatic rings. The first-order chi connectivity index (χ1) is 9.36. The molecule has 2 nitrogen and oxygen atoms in total. The van der Waals surface area contributed by atoms with Crippen LogP contribution in [0, 0.1) is 0 Å². The summed E-state index contributed by atoms with van der Waals surface area (Å²) in [5.41, 5.74) is 4.06. The molecule has 2 rings (SSSR count). The first-order valence-electron chi connectivity index (χ1n) is 7.05. The Morgan fingerprint density at radius 2 is 0.950 bits per heavy atom. The molecule has 0 aromatic heterocycles. The standard InChI is InChI=1S/C18H22O2/c1-11(2)13-5-15(9-17(19)7-13)16-6-14(12(3)4)8-18(20)10-16/h5-12,19-20H,1-4H3. The molecule has 0 aliphatic carbocycles. The first-order valence-corrected chi connectivity index (χ1v) is 7.05. The molecule has 0 fully saturated rings. The normalized spacial score (nSPS) is 11.3. The molecule has 0 atom stereocenters.